The van der Waals surface area contributed by atoms with Gasteiger partial charge in [0.2, 0.25) is 0 Å². The first-order valence-corrected chi connectivity index (χ1v) is 7.10. The van der Waals surface area contributed by atoms with Crippen LogP contribution in [0.2, 0.25) is 0 Å². The van der Waals surface area contributed by atoms with Gasteiger partial charge >= 0.3 is 0 Å². The topological polar surface area (TPSA) is 18.5 Å². The first kappa shape index (κ1) is 14.7. The molecule has 2 nitrogen and oxygen atoms in total. The Morgan fingerprint density at radius 2 is 1.85 bits per heavy atom. The smallest absolute Gasteiger partial charge is 0.166 e. The average Bonchev–Trinajstić information content (AvgIpc) is 2.48. The minimum Gasteiger partial charge on any atom is -0.493 e. The van der Waals surface area contributed by atoms with E-state index in [9.17, 15) is 0 Å². The first-order valence-electron chi connectivity index (χ1n) is 6.56. The molecule has 2 aromatic carbocycles. The molecule has 3 heteroatoms. The monoisotopic (exact) mass is 290 g/mol. The van der Waals surface area contributed by atoms with Crippen LogP contribution in [0, 0.1) is 13.8 Å². The number of halogens is 1. The second-order valence-electron chi connectivity index (χ2n) is 4.79. The summed E-state index contributed by atoms with van der Waals surface area (Å²) >= 11 is 5.95. The van der Waals surface area contributed by atoms with Gasteiger partial charge in [0, 0.05) is 5.56 Å². The molecule has 0 fully saturated rings. The van der Waals surface area contributed by atoms with E-state index in [2.05, 4.69) is 32.0 Å². The lowest BCUT2D eigenvalue weighted by atomic mass is 10.1. The minimum absolute atomic E-state index is 0.402. The van der Waals surface area contributed by atoms with E-state index in [1.165, 1.54) is 11.1 Å². The number of benzene rings is 2. The van der Waals surface area contributed by atoms with E-state index in [0.29, 0.717) is 18.2 Å². The van der Waals surface area contributed by atoms with Gasteiger partial charge in [-0.05, 0) is 36.6 Å². The maximum atomic E-state index is 5.95. The maximum Gasteiger partial charge on any atom is 0.166 e. The maximum absolute atomic E-state index is 5.95. The molecule has 0 amide bonds. The zero-order valence-electron chi connectivity index (χ0n) is 12.1. The highest BCUT2D eigenvalue weighted by Gasteiger charge is 2.10. The van der Waals surface area contributed by atoms with Gasteiger partial charge in [0.1, 0.15) is 6.61 Å². The molecule has 0 atom stereocenters. The van der Waals surface area contributed by atoms with E-state index >= 15 is 0 Å². The molecule has 2 aromatic rings. The van der Waals surface area contributed by atoms with Crippen LogP contribution in [-0.4, -0.2) is 7.11 Å². The van der Waals surface area contributed by atoms with Gasteiger partial charge in [-0.3, -0.25) is 0 Å². The highest BCUT2D eigenvalue weighted by molar-refractivity contribution is 6.17. The van der Waals surface area contributed by atoms with Crippen molar-refractivity contribution in [2.45, 2.75) is 26.3 Å². The van der Waals surface area contributed by atoms with Crippen molar-refractivity contribution < 1.29 is 9.47 Å². The van der Waals surface area contributed by atoms with Gasteiger partial charge in [0.15, 0.2) is 11.5 Å². The summed E-state index contributed by atoms with van der Waals surface area (Å²) in [7, 11) is 1.64. The molecule has 2 rings (SSSR count). The molecule has 0 unspecified atom stereocenters. The Kier molecular flexibility index (Phi) is 4.91. The highest BCUT2D eigenvalue weighted by Crippen LogP contribution is 2.32. The standard InChI is InChI=1S/C17H19ClO2/c1-12-7-8-14(9-13(12)2)11-20-17-15(10-18)5-4-6-16(17)19-3/h4-9H,10-11H2,1-3H3. The van der Waals surface area contributed by atoms with Crippen LogP contribution in [0.15, 0.2) is 36.4 Å². The number of hydrogen-bond acceptors (Lipinski definition) is 2. The molecular formula is C17H19ClO2. The lowest BCUT2D eigenvalue weighted by Crippen LogP contribution is -2.01. The van der Waals surface area contributed by atoms with Crippen LogP contribution in [0.4, 0.5) is 0 Å². The summed E-state index contributed by atoms with van der Waals surface area (Å²) in [6.45, 7) is 4.71. The molecule has 0 aromatic heterocycles. The molecule has 0 saturated carbocycles. The fourth-order valence-electron chi connectivity index (χ4n) is 2.04. The zero-order valence-corrected chi connectivity index (χ0v) is 12.8. The van der Waals surface area contributed by atoms with Crippen molar-refractivity contribution in [2.75, 3.05) is 7.11 Å². The number of alkyl halides is 1. The van der Waals surface area contributed by atoms with Gasteiger partial charge in [-0.1, -0.05) is 30.3 Å². The lowest BCUT2D eigenvalue weighted by molar-refractivity contribution is 0.282. The quantitative estimate of drug-likeness (QED) is 0.748. The Balaban J connectivity index is 2.19. The Morgan fingerprint density at radius 3 is 2.50 bits per heavy atom. The number of ether oxygens (including phenoxy) is 2. The molecule has 0 aliphatic heterocycles. The molecule has 0 heterocycles. The van der Waals surface area contributed by atoms with Crippen LogP contribution < -0.4 is 9.47 Å². The number of para-hydroxylation sites is 1. The molecule has 0 bridgehead atoms. The largest absolute Gasteiger partial charge is 0.493 e. The van der Waals surface area contributed by atoms with Crippen molar-refractivity contribution in [2.24, 2.45) is 0 Å². The Labute approximate surface area is 125 Å². The molecule has 0 N–H and O–H groups in total. The van der Waals surface area contributed by atoms with Crippen LogP contribution in [0.5, 0.6) is 11.5 Å². The van der Waals surface area contributed by atoms with Crippen molar-refractivity contribution in [3.63, 3.8) is 0 Å². The Hall–Kier alpha value is -1.67. The molecule has 0 aliphatic rings. The molecular weight excluding hydrogens is 272 g/mol. The highest BCUT2D eigenvalue weighted by atomic mass is 35.5. The summed E-state index contributed by atoms with van der Waals surface area (Å²) in [5.74, 6) is 1.84. The fraction of sp³-hybridized carbons (Fsp3) is 0.294. The molecule has 0 spiro atoms. The summed E-state index contributed by atoms with van der Waals surface area (Å²) in [6, 6.07) is 12.1. The van der Waals surface area contributed by atoms with Gasteiger partial charge in [0.05, 0.1) is 13.0 Å². The van der Waals surface area contributed by atoms with Crippen LogP contribution in [-0.2, 0) is 12.5 Å². The number of methoxy groups -OCH3 is 1. The molecule has 0 aliphatic carbocycles. The predicted molar refractivity (Wildman–Crippen MR) is 82.8 cm³/mol. The molecule has 20 heavy (non-hydrogen) atoms. The van der Waals surface area contributed by atoms with Crippen LogP contribution in [0.3, 0.4) is 0 Å². The van der Waals surface area contributed by atoms with E-state index in [0.717, 1.165) is 16.9 Å². The second kappa shape index (κ2) is 6.67. The normalized spacial score (nSPS) is 10.4. The van der Waals surface area contributed by atoms with E-state index in [1.807, 2.05) is 18.2 Å². The van der Waals surface area contributed by atoms with Crippen LogP contribution in [0.1, 0.15) is 22.3 Å². The third kappa shape index (κ3) is 3.26. The summed E-state index contributed by atoms with van der Waals surface area (Å²) in [4.78, 5) is 0. The summed E-state index contributed by atoms with van der Waals surface area (Å²) < 4.78 is 11.3. The Bertz CT molecular complexity index is 571. The van der Waals surface area contributed by atoms with Gasteiger partial charge in [0.25, 0.3) is 0 Å². The SMILES string of the molecule is COc1cccc(CCl)c1OCc1ccc(C)c(C)c1. The first-order chi connectivity index (χ1) is 9.65. The number of rotatable bonds is 5. The second-order valence-corrected chi connectivity index (χ2v) is 5.06. The fourth-order valence-corrected chi connectivity index (χ4v) is 2.25. The van der Waals surface area contributed by atoms with Crippen molar-refractivity contribution in [1.82, 2.24) is 0 Å². The van der Waals surface area contributed by atoms with Crippen LogP contribution in [0.25, 0.3) is 0 Å². The Morgan fingerprint density at radius 1 is 1.05 bits per heavy atom. The van der Waals surface area contributed by atoms with E-state index in [1.54, 1.807) is 7.11 Å². The summed E-state index contributed by atoms with van der Waals surface area (Å²) in [5, 5.41) is 0. The van der Waals surface area contributed by atoms with Crippen molar-refractivity contribution in [3.8, 4) is 11.5 Å². The van der Waals surface area contributed by atoms with E-state index in [4.69, 9.17) is 21.1 Å². The van der Waals surface area contributed by atoms with Crippen LogP contribution >= 0.6 is 11.6 Å². The minimum atomic E-state index is 0.402. The summed E-state index contributed by atoms with van der Waals surface area (Å²) in [5.41, 5.74) is 4.63. The van der Waals surface area contributed by atoms with Crippen molar-refractivity contribution in [3.05, 3.63) is 58.7 Å². The van der Waals surface area contributed by atoms with Gasteiger partial charge < -0.3 is 9.47 Å². The number of hydrogen-bond donors (Lipinski definition) is 0. The molecule has 0 saturated heterocycles. The third-order valence-corrected chi connectivity index (χ3v) is 3.67. The molecule has 106 valence electrons. The van der Waals surface area contributed by atoms with Crippen molar-refractivity contribution in [1.29, 1.82) is 0 Å². The number of aryl methyl sites for hydroxylation is 2. The lowest BCUT2D eigenvalue weighted by Gasteiger charge is -2.14. The van der Waals surface area contributed by atoms with Gasteiger partial charge in [-0.2, -0.15) is 0 Å². The molecule has 0 radical (unpaired) electrons. The van der Waals surface area contributed by atoms with Crippen molar-refractivity contribution >= 4 is 11.6 Å². The van der Waals surface area contributed by atoms with E-state index < -0.39 is 0 Å². The zero-order chi connectivity index (χ0) is 14.5. The predicted octanol–water partition coefficient (Wildman–Crippen LogP) is 4.63. The third-order valence-electron chi connectivity index (χ3n) is 3.38. The van der Waals surface area contributed by atoms with E-state index in [-0.39, 0.29) is 0 Å². The summed E-state index contributed by atoms with van der Waals surface area (Å²) in [6.07, 6.45) is 0. The van der Waals surface area contributed by atoms with Gasteiger partial charge in [-0.15, -0.1) is 11.6 Å². The average molecular weight is 291 g/mol. The van der Waals surface area contributed by atoms with Gasteiger partial charge in [-0.25, -0.2) is 0 Å².